The lowest BCUT2D eigenvalue weighted by molar-refractivity contribution is -0.143. The Morgan fingerprint density at radius 1 is 0.500 bits per heavy atom. The molecular weight excluding hydrogens is 613 g/mol. The van der Waals surface area contributed by atoms with Gasteiger partial charge in [-0.15, -0.1) is 0 Å². The SMILES string of the molecule is O=C1[C@@H]2[C@H](C(=O)N1Cc1ccccc1)[C@@]1(c3ccc(Cl)cc3)C(=O)[C@@]2(c2ccc(Cl)cc2)C(c2ccccc2)=C1c1ccccc1. The number of Topliss-reactive ketones (excluding diaryl/α,β-unsaturated/α-hetero) is 1. The molecule has 0 N–H and O–H groups in total. The lowest BCUT2D eigenvalue weighted by atomic mass is 9.59. The van der Waals surface area contributed by atoms with Crippen LogP contribution in [-0.2, 0) is 31.8 Å². The molecule has 0 radical (unpaired) electrons. The number of likely N-dealkylation sites (tertiary alicyclic amines) is 1. The molecule has 2 bridgehead atoms. The van der Waals surface area contributed by atoms with Crippen molar-refractivity contribution >= 4 is 51.9 Å². The minimum absolute atomic E-state index is 0.119. The molecule has 46 heavy (non-hydrogen) atoms. The molecule has 224 valence electrons. The summed E-state index contributed by atoms with van der Waals surface area (Å²) in [6.45, 7) is 0.119. The molecule has 0 spiro atoms. The average molecular weight is 641 g/mol. The molecule has 8 rings (SSSR count). The predicted octanol–water partition coefficient (Wildman–Crippen LogP) is 8.18. The summed E-state index contributed by atoms with van der Waals surface area (Å²) < 4.78 is 0. The van der Waals surface area contributed by atoms with Crippen LogP contribution in [0.3, 0.4) is 0 Å². The maximum atomic E-state index is 15.9. The first-order valence-corrected chi connectivity index (χ1v) is 16.0. The Kier molecular flexibility index (Phi) is 6.64. The van der Waals surface area contributed by atoms with Crippen LogP contribution >= 0.6 is 23.2 Å². The van der Waals surface area contributed by atoms with Gasteiger partial charge in [0.2, 0.25) is 11.8 Å². The third-order valence-corrected chi connectivity index (χ3v) is 10.5. The van der Waals surface area contributed by atoms with Gasteiger partial charge < -0.3 is 0 Å². The molecule has 1 saturated heterocycles. The van der Waals surface area contributed by atoms with Gasteiger partial charge >= 0.3 is 0 Å². The number of amides is 2. The van der Waals surface area contributed by atoms with Gasteiger partial charge in [-0.25, -0.2) is 0 Å². The highest BCUT2D eigenvalue weighted by atomic mass is 35.5. The molecule has 3 aliphatic rings. The zero-order valence-electron chi connectivity index (χ0n) is 24.6. The summed E-state index contributed by atoms with van der Waals surface area (Å²) in [5, 5.41) is 1.02. The molecule has 0 unspecified atom stereocenters. The monoisotopic (exact) mass is 639 g/mol. The summed E-state index contributed by atoms with van der Waals surface area (Å²) >= 11 is 12.8. The number of imide groups is 1. The first-order chi connectivity index (χ1) is 22.4. The predicted molar refractivity (Wildman–Crippen MR) is 180 cm³/mol. The summed E-state index contributed by atoms with van der Waals surface area (Å²) in [7, 11) is 0. The average Bonchev–Trinajstić information content (AvgIpc) is 3.59. The summed E-state index contributed by atoms with van der Waals surface area (Å²) in [4.78, 5) is 47.1. The van der Waals surface area contributed by atoms with Crippen molar-refractivity contribution in [2.45, 2.75) is 17.4 Å². The fourth-order valence-electron chi connectivity index (χ4n) is 8.34. The highest BCUT2D eigenvalue weighted by Crippen LogP contribution is 2.74. The molecule has 1 saturated carbocycles. The van der Waals surface area contributed by atoms with Crippen molar-refractivity contribution in [1.29, 1.82) is 0 Å². The summed E-state index contributed by atoms with van der Waals surface area (Å²) in [5.74, 6) is -2.83. The molecule has 2 aliphatic carbocycles. The topological polar surface area (TPSA) is 54.5 Å². The lowest BCUT2D eigenvalue weighted by Crippen LogP contribution is -2.45. The van der Waals surface area contributed by atoms with Gasteiger partial charge in [0.1, 0.15) is 0 Å². The molecule has 2 fully saturated rings. The van der Waals surface area contributed by atoms with Crippen molar-refractivity contribution in [3.63, 3.8) is 0 Å². The number of carbonyl (C=O) groups is 3. The summed E-state index contributed by atoms with van der Waals surface area (Å²) in [6.07, 6.45) is 0. The van der Waals surface area contributed by atoms with Crippen LogP contribution in [0, 0.1) is 11.8 Å². The molecule has 5 aromatic carbocycles. The zero-order valence-corrected chi connectivity index (χ0v) is 26.1. The molecule has 1 aliphatic heterocycles. The number of benzene rings is 5. The van der Waals surface area contributed by atoms with Crippen molar-refractivity contribution in [3.05, 3.63) is 177 Å². The van der Waals surface area contributed by atoms with Crippen LogP contribution in [0.4, 0.5) is 0 Å². The van der Waals surface area contributed by atoms with Crippen molar-refractivity contribution in [2.24, 2.45) is 11.8 Å². The minimum Gasteiger partial charge on any atom is -0.297 e. The molecule has 1 heterocycles. The smallest absolute Gasteiger partial charge is 0.235 e. The second kappa shape index (κ2) is 10.7. The number of hydrogen-bond acceptors (Lipinski definition) is 3. The van der Waals surface area contributed by atoms with Crippen LogP contribution in [0.2, 0.25) is 10.0 Å². The van der Waals surface area contributed by atoms with Crippen LogP contribution < -0.4 is 0 Å². The van der Waals surface area contributed by atoms with Gasteiger partial charge in [-0.1, -0.05) is 138 Å². The number of ketones is 1. The molecule has 0 aromatic heterocycles. The number of nitrogens with zero attached hydrogens (tertiary/aromatic N) is 1. The zero-order chi connectivity index (χ0) is 31.6. The summed E-state index contributed by atoms with van der Waals surface area (Å²) in [5.41, 5.74) is 2.29. The van der Waals surface area contributed by atoms with Crippen LogP contribution in [-0.4, -0.2) is 22.5 Å². The van der Waals surface area contributed by atoms with Gasteiger partial charge in [-0.05, 0) is 63.2 Å². The van der Waals surface area contributed by atoms with Gasteiger partial charge in [0.25, 0.3) is 0 Å². The van der Waals surface area contributed by atoms with E-state index in [-0.39, 0.29) is 24.1 Å². The Morgan fingerprint density at radius 2 is 0.870 bits per heavy atom. The number of fused-ring (bicyclic) bond motifs is 5. The second-order valence-corrected chi connectivity index (χ2v) is 13.0. The van der Waals surface area contributed by atoms with Gasteiger partial charge in [-0.3, -0.25) is 19.3 Å². The second-order valence-electron chi connectivity index (χ2n) is 12.1. The molecule has 2 amide bonds. The maximum Gasteiger partial charge on any atom is 0.235 e. The van der Waals surface area contributed by atoms with Gasteiger partial charge in [-0.2, -0.15) is 0 Å². The highest BCUT2D eigenvalue weighted by Gasteiger charge is 2.82. The van der Waals surface area contributed by atoms with Gasteiger partial charge in [0.15, 0.2) is 5.78 Å². The molecule has 4 nitrogen and oxygen atoms in total. The maximum absolute atomic E-state index is 15.9. The normalized spacial score (nSPS) is 25.0. The third kappa shape index (κ3) is 3.78. The number of carbonyl (C=O) groups excluding carboxylic acids is 3. The van der Waals surface area contributed by atoms with E-state index in [9.17, 15) is 9.59 Å². The van der Waals surface area contributed by atoms with Crippen LogP contribution in [0.25, 0.3) is 11.1 Å². The molecule has 5 aromatic rings. The number of halogens is 2. The van der Waals surface area contributed by atoms with Crippen molar-refractivity contribution in [1.82, 2.24) is 4.90 Å². The van der Waals surface area contributed by atoms with E-state index in [0.29, 0.717) is 21.2 Å². The van der Waals surface area contributed by atoms with Crippen LogP contribution in [0.1, 0.15) is 27.8 Å². The van der Waals surface area contributed by atoms with Crippen LogP contribution in [0.5, 0.6) is 0 Å². The van der Waals surface area contributed by atoms with E-state index in [1.54, 1.807) is 24.3 Å². The minimum atomic E-state index is -1.47. The number of allylic oxidation sites excluding steroid dienone is 2. The number of hydrogen-bond donors (Lipinski definition) is 0. The fraction of sp³-hybridized carbons (Fsp3) is 0.125. The summed E-state index contributed by atoms with van der Waals surface area (Å²) in [6, 6.07) is 43.4. The Labute approximate surface area is 276 Å². The van der Waals surface area contributed by atoms with E-state index in [1.807, 2.05) is 115 Å². The van der Waals surface area contributed by atoms with Crippen LogP contribution in [0.15, 0.2) is 140 Å². The highest BCUT2D eigenvalue weighted by molar-refractivity contribution is 6.36. The Balaban J connectivity index is 1.52. The Hall–Kier alpha value is -4.77. The molecule has 4 atom stereocenters. The Bertz CT molecular complexity index is 1920. The Morgan fingerprint density at radius 3 is 1.26 bits per heavy atom. The quantitative estimate of drug-likeness (QED) is 0.176. The van der Waals surface area contributed by atoms with Gasteiger partial charge in [0, 0.05) is 10.0 Å². The first-order valence-electron chi connectivity index (χ1n) is 15.2. The molecule has 6 heteroatoms. The van der Waals surface area contributed by atoms with Crippen molar-refractivity contribution in [2.75, 3.05) is 0 Å². The standard InChI is InChI=1S/C40H27Cl2NO3/c41-30-20-16-28(17-21-30)39-32(26-12-6-2-7-13-26)33(27-14-8-3-9-15-27)40(38(39)46,29-18-22-31(42)23-19-29)35-34(39)36(44)43(37(35)45)24-25-10-4-1-5-11-25/h1-23,34-35H,24H2/t34-,35+,39-,40-/m0/s1. The van der Waals surface area contributed by atoms with Crippen molar-refractivity contribution < 1.29 is 14.4 Å². The number of rotatable bonds is 6. The lowest BCUT2D eigenvalue weighted by Gasteiger charge is -2.39. The van der Waals surface area contributed by atoms with E-state index in [4.69, 9.17) is 23.2 Å². The van der Waals surface area contributed by atoms with Gasteiger partial charge in [0.05, 0.1) is 29.2 Å². The third-order valence-electron chi connectivity index (χ3n) is 9.99. The van der Waals surface area contributed by atoms with E-state index in [2.05, 4.69) is 0 Å². The van der Waals surface area contributed by atoms with E-state index < -0.39 is 22.7 Å². The fourth-order valence-corrected chi connectivity index (χ4v) is 8.59. The largest absolute Gasteiger partial charge is 0.297 e. The van der Waals surface area contributed by atoms with E-state index in [0.717, 1.165) is 27.8 Å². The van der Waals surface area contributed by atoms with Crippen molar-refractivity contribution in [3.8, 4) is 0 Å². The van der Waals surface area contributed by atoms with E-state index in [1.165, 1.54) is 4.90 Å². The first kappa shape index (κ1) is 28.7. The van der Waals surface area contributed by atoms with E-state index >= 15 is 4.79 Å². The molecular formula is C40H27Cl2NO3.